The summed E-state index contributed by atoms with van der Waals surface area (Å²) in [6, 6.07) is 10.1. The Balaban J connectivity index is 1.61. The van der Waals surface area contributed by atoms with Crippen LogP contribution in [0.1, 0.15) is 6.92 Å². The van der Waals surface area contributed by atoms with Crippen LogP contribution in [-0.2, 0) is 11.3 Å². The molecule has 1 atom stereocenters. The van der Waals surface area contributed by atoms with E-state index in [1.54, 1.807) is 42.6 Å². The largest absolute Gasteiger partial charge is 0.491 e. The zero-order valence-electron chi connectivity index (χ0n) is 14.1. The van der Waals surface area contributed by atoms with Crippen molar-refractivity contribution in [3.8, 4) is 5.75 Å². The fourth-order valence-electron chi connectivity index (χ4n) is 2.44. The summed E-state index contributed by atoms with van der Waals surface area (Å²) in [4.78, 5) is 31.5. The number of pyridine rings is 1. The molecule has 0 unspecified atom stereocenters. The normalized spacial score (nSPS) is 11.9. The molecule has 0 radical (unpaired) electrons. The van der Waals surface area contributed by atoms with Crippen molar-refractivity contribution in [3.63, 3.8) is 0 Å². The average molecular weight is 354 g/mol. The number of carbonyl (C=O) groups excluding carboxylic acids is 1. The molecular weight excluding hydrogens is 336 g/mol. The summed E-state index contributed by atoms with van der Waals surface area (Å²) in [6.07, 6.45) is 2.04. The second-order valence-corrected chi connectivity index (χ2v) is 5.75. The van der Waals surface area contributed by atoms with Gasteiger partial charge in [-0.25, -0.2) is 9.97 Å². The number of hydrogen-bond donors (Lipinski definition) is 2. The number of aliphatic hydroxyl groups is 1. The van der Waals surface area contributed by atoms with Gasteiger partial charge < -0.3 is 15.2 Å². The topological polar surface area (TPSA) is 106 Å². The van der Waals surface area contributed by atoms with Crippen molar-refractivity contribution < 1.29 is 14.6 Å². The summed E-state index contributed by atoms with van der Waals surface area (Å²) in [5, 5.41) is 13.2. The van der Waals surface area contributed by atoms with E-state index in [0.717, 1.165) is 0 Å². The summed E-state index contributed by atoms with van der Waals surface area (Å²) in [6.45, 7) is 1.50. The number of carbonyl (C=O) groups is 1. The quantitative estimate of drug-likeness (QED) is 0.689. The van der Waals surface area contributed by atoms with E-state index in [2.05, 4.69) is 15.3 Å². The van der Waals surface area contributed by atoms with E-state index in [1.165, 1.54) is 17.8 Å². The number of aliphatic hydroxyl groups excluding tert-OH is 1. The van der Waals surface area contributed by atoms with Gasteiger partial charge in [-0.05, 0) is 36.4 Å². The molecule has 1 amide bonds. The number of anilines is 1. The Morgan fingerprint density at radius 1 is 1.27 bits per heavy atom. The third-order valence-electron chi connectivity index (χ3n) is 3.62. The van der Waals surface area contributed by atoms with Crippen molar-refractivity contribution in [2.75, 3.05) is 11.9 Å². The van der Waals surface area contributed by atoms with Crippen molar-refractivity contribution in [1.82, 2.24) is 14.5 Å². The molecule has 8 heteroatoms. The number of nitrogens with zero attached hydrogens (tertiary/aromatic N) is 3. The number of fused-ring (bicyclic) bond motifs is 1. The number of ether oxygens (including phenoxy) is 1. The number of benzene rings is 1. The van der Waals surface area contributed by atoms with Crippen molar-refractivity contribution in [3.05, 3.63) is 59.3 Å². The Kier molecular flexibility index (Phi) is 5.23. The molecule has 26 heavy (non-hydrogen) atoms. The van der Waals surface area contributed by atoms with Gasteiger partial charge in [-0.2, -0.15) is 0 Å². The van der Waals surface area contributed by atoms with Gasteiger partial charge in [-0.15, -0.1) is 0 Å². The second kappa shape index (κ2) is 7.75. The standard InChI is InChI=1S/C18H18N4O4/c1-12(23)21-13-4-6-15(7-5-13)26-10-14(24)9-22-11-20-17-16(18(22)25)3-2-8-19-17/h2-8,11,14,24H,9-10H2,1H3,(H,21,23)/t14-/m1/s1. The molecule has 0 aliphatic carbocycles. The summed E-state index contributed by atoms with van der Waals surface area (Å²) in [7, 11) is 0. The van der Waals surface area contributed by atoms with Crippen molar-refractivity contribution >= 4 is 22.6 Å². The van der Waals surface area contributed by atoms with Crippen LogP contribution in [0.3, 0.4) is 0 Å². The molecule has 0 saturated heterocycles. The van der Waals surface area contributed by atoms with Gasteiger partial charge in [0.2, 0.25) is 5.91 Å². The van der Waals surface area contributed by atoms with Gasteiger partial charge in [0.15, 0.2) is 5.65 Å². The Labute approximate surface area is 149 Å². The first kappa shape index (κ1) is 17.6. The number of hydrogen-bond acceptors (Lipinski definition) is 6. The fourth-order valence-corrected chi connectivity index (χ4v) is 2.44. The van der Waals surface area contributed by atoms with E-state index >= 15 is 0 Å². The average Bonchev–Trinajstić information content (AvgIpc) is 2.63. The summed E-state index contributed by atoms with van der Waals surface area (Å²) in [5.41, 5.74) is 0.772. The molecule has 2 N–H and O–H groups in total. The molecule has 1 aromatic carbocycles. The van der Waals surface area contributed by atoms with Crippen LogP contribution in [0.4, 0.5) is 5.69 Å². The van der Waals surface area contributed by atoms with Gasteiger partial charge >= 0.3 is 0 Å². The molecule has 0 saturated carbocycles. The molecule has 3 aromatic rings. The lowest BCUT2D eigenvalue weighted by molar-refractivity contribution is -0.114. The molecule has 0 bridgehead atoms. The molecule has 134 valence electrons. The highest BCUT2D eigenvalue weighted by Gasteiger charge is 2.10. The van der Waals surface area contributed by atoms with E-state index in [4.69, 9.17) is 4.74 Å². The smallest absolute Gasteiger partial charge is 0.262 e. The van der Waals surface area contributed by atoms with Crippen molar-refractivity contribution in [1.29, 1.82) is 0 Å². The summed E-state index contributed by atoms with van der Waals surface area (Å²) >= 11 is 0. The molecule has 0 fully saturated rings. The Morgan fingerprint density at radius 3 is 2.77 bits per heavy atom. The van der Waals surface area contributed by atoms with Crippen LogP contribution in [0.5, 0.6) is 5.75 Å². The molecule has 2 heterocycles. The fraction of sp³-hybridized carbons (Fsp3) is 0.222. The molecule has 0 spiro atoms. The van der Waals surface area contributed by atoms with E-state index in [0.29, 0.717) is 22.5 Å². The third-order valence-corrected chi connectivity index (χ3v) is 3.62. The third kappa shape index (κ3) is 4.22. The number of rotatable bonds is 6. The monoisotopic (exact) mass is 354 g/mol. The highest BCUT2D eigenvalue weighted by atomic mass is 16.5. The minimum absolute atomic E-state index is 0.0109. The minimum atomic E-state index is -0.890. The van der Waals surface area contributed by atoms with E-state index < -0.39 is 6.10 Å². The van der Waals surface area contributed by atoms with Gasteiger partial charge in [0.25, 0.3) is 5.56 Å². The first-order valence-electron chi connectivity index (χ1n) is 8.01. The van der Waals surface area contributed by atoms with Crippen LogP contribution in [-0.4, -0.2) is 38.3 Å². The Bertz CT molecular complexity index is 969. The lowest BCUT2D eigenvalue weighted by Crippen LogP contribution is -2.30. The molecule has 8 nitrogen and oxygen atoms in total. The summed E-state index contributed by atoms with van der Waals surface area (Å²) < 4.78 is 6.85. The van der Waals surface area contributed by atoms with Gasteiger partial charge in [-0.3, -0.25) is 14.2 Å². The lowest BCUT2D eigenvalue weighted by atomic mass is 10.3. The van der Waals surface area contributed by atoms with Crippen molar-refractivity contribution in [2.45, 2.75) is 19.6 Å². The second-order valence-electron chi connectivity index (χ2n) is 5.75. The maximum absolute atomic E-state index is 12.4. The minimum Gasteiger partial charge on any atom is -0.491 e. The zero-order valence-corrected chi connectivity index (χ0v) is 14.1. The molecule has 3 rings (SSSR count). The molecule has 2 aromatic heterocycles. The van der Waals surface area contributed by atoms with E-state index in [-0.39, 0.29) is 24.6 Å². The molecule has 0 aliphatic rings. The highest BCUT2D eigenvalue weighted by Crippen LogP contribution is 2.16. The first-order valence-corrected chi connectivity index (χ1v) is 8.01. The van der Waals surface area contributed by atoms with Crippen LogP contribution < -0.4 is 15.6 Å². The Morgan fingerprint density at radius 2 is 2.04 bits per heavy atom. The highest BCUT2D eigenvalue weighted by molar-refractivity contribution is 5.88. The Hall–Kier alpha value is -3.26. The number of amides is 1. The summed E-state index contributed by atoms with van der Waals surface area (Å²) in [5.74, 6) is 0.394. The van der Waals surface area contributed by atoms with Crippen molar-refractivity contribution in [2.24, 2.45) is 0 Å². The van der Waals surface area contributed by atoms with E-state index in [1.807, 2.05) is 0 Å². The van der Waals surface area contributed by atoms with Crippen LogP contribution in [0.15, 0.2) is 53.7 Å². The van der Waals surface area contributed by atoms with Crippen LogP contribution in [0.2, 0.25) is 0 Å². The number of aromatic nitrogens is 3. The molecule has 0 aliphatic heterocycles. The predicted octanol–water partition coefficient (Wildman–Crippen LogP) is 1.19. The zero-order chi connectivity index (χ0) is 18.5. The SMILES string of the molecule is CC(=O)Nc1ccc(OC[C@H](O)Cn2cnc3ncccc3c2=O)cc1. The van der Waals surface area contributed by atoms with Crippen LogP contribution in [0.25, 0.3) is 11.0 Å². The van der Waals surface area contributed by atoms with Gasteiger partial charge in [0.05, 0.1) is 11.9 Å². The van der Waals surface area contributed by atoms with Gasteiger partial charge in [0, 0.05) is 18.8 Å². The number of nitrogens with one attached hydrogen (secondary N) is 1. The first-order chi connectivity index (χ1) is 12.5. The maximum atomic E-state index is 12.4. The van der Waals surface area contributed by atoms with E-state index in [9.17, 15) is 14.7 Å². The van der Waals surface area contributed by atoms with Gasteiger partial charge in [-0.1, -0.05) is 0 Å². The maximum Gasteiger partial charge on any atom is 0.262 e. The lowest BCUT2D eigenvalue weighted by Gasteiger charge is -2.14. The van der Waals surface area contributed by atoms with Crippen LogP contribution in [0, 0.1) is 0 Å². The predicted molar refractivity (Wildman–Crippen MR) is 96.0 cm³/mol. The van der Waals surface area contributed by atoms with Crippen LogP contribution >= 0.6 is 0 Å². The molecular formula is C18H18N4O4. The van der Waals surface area contributed by atoms with Gasteiger partial charge in [0.1, 0.15) is 24.8 Å².